The van der Waals surface area contributed by atoms with Gasteiger partial charge >= 0.3 is 134 Å². The molecule has 122 valence electrons. The zero-order valence-electron chi connectivity index (χ0n) is 14.8. The monoisotopic (exact) mass is 308 g/mol. The summed E-state index contributed by atoms with van der Waals surface area (Å²) >= 11 is 0. The Hall–Kier alpha value is -0.610. The van der Waals surface area contributed by atoms with E-state index in [2.05, 4.69) is 76.3 Å². The molecule has 0 saturated heterocycles. The zero-order valence-corrected chi connectivity index (χ0v) is 15.8. The number of hydrogen-bond acceptors (Lipinski definition) is 0. The van der Waals surface area contributed by atoms with Crippen LogP contribution in [0.2, 0.25) is 0 Å². The molecule has 21 heavy (non-hydrogen) atoms. The Bertz CT molecular complexity index is 264. The van der Waals surface area contributed by atoms with Crippen LogP contribution < -0.4 is 0 Å². The summed E-state index contributed by atoms with van der Waals surface area (Å²) in [5, 5.41) is 0. The van der Waals surface area contributed by atoms with Gasteiger partial charge in [-0.3, -0.25) is 0 Å². The molecule has 0 nitrogen and oxygen atoms in total. The van der Waals surface area contributed by atoms with Gasteiger partial charge in [0, 0.05) is 0 Å². The van der Waals surface area contributed by atoms with Crippen LogP contribution in [0.1, 0.15) is 53.4 Å². The van der Waals surface area contributed by atoms with Crippen LogP contribution in [0.15, 0.2) is 48.6 Å². The molecule has 0 spiro atoms. The molecule has 0 aromatic carbocycles. The van der Waals surface area contributed by atoms with Crippen LogP contribution in [-0.4, -0.2) is 24.6 Å². The van der Waals surface area contributed by atoms with Gasteiger partial charge in [0.05, 0.1) is 0 Å². The Morgan fingerprint density at radius 2 is 0.667 bits per heavy atom. The topological polar surface area (TPSA) is 0 Å². The molecule has 0 aliphatic carbocycles. The molecule has 0 saturated carbocycles. The summed E-state index contributed by atoms with van der Waals surface area (Å²) in [6, 6.07) is 0. The minimum atomic E-state index is -1.29. The molecule has 0 aliphatic rings. The first kappa shape index (κ1) is 20.4. The molecule has 1 heteroatoms. The molecule has 0 fully saturated rings. The first-order valence-corrected chi connectivity index (χ1v) is 11.7. The fourth-order valence-corrected chi connectivity index (χ4v) is 6.17. The Morgan fingerprint density at radius 1 is 0.429 bits per heavy atom. The molecule has 0 aromatic heterocycles. The summed E-state index contributed by atoms with van der Waals surface area (Å²) < 4.78 is 0. The van der Waals surface area contributed by atoms with Crippen molar-refractivity contribution in [3.8, 4) is 0 Å². The van der Waals surface area contributed by atoms with E-state index in [0.717, 1.165) is 25.7 Å². The van der Waals surface area contributed by atoms with Gasteiger partial charge in [-0.15, -0.1) is 0 Å². The SMILES string of the molecule is CC/C=C/C[PH](C/C=C/CC)(C/C=C/CC)C/C=C/CC. The van der Waals surface area contributed by atoms with Gasteiger partial charge in [0.25, 0.3) is 0 Å². The Balaban J connectivity index is 5.02. The van der Waals surface area contributed by atoms with Crippen molar-refractivity contribution in [1.29, 1.82) is 0 Å². The summed E-state index contributed by atoms with van der Waals surface area (Å²) in [5.41, 5.74) is 0. The quantitative estimate of drug-likeness (QED) is 0.281. The van der Waals surface area contributed by atoms with Gasteiger partial charge in [-0.2, -0.15) is 0 Å². The maximum atomic E-state index is 2.45. The van der Waals surface area contributed by atoms with Crippen molar-refractivity contribution in [3.05, 3.63) is 48.6 Å². The van der Waals surface area contributed by atoms with Crippen molar-refractivity contribution in [3.63, 3.8) is 0 Å². The first-order chi connectivity index (χ1) is 10.2. The predicted octanol–water partition coefficient (Wildman–Crippen LogP) is 6.60. The molecule has 0 unspecified atom stereocenters. The van der Waals surface area contributed by atoms with Gasteiger partial charge < -0.3 is 0 Å². The van der Waals surface area contributed by atoms with E-state index in [1.54, 1.807) is 0 Å². The van der Waals surface area contributed by atoms with Crippen molar-refractivity contribution in [2.45, 2.75) is 53.4 Å². The molecule has 0 atom stereocenters. The van der Waals surface area contributed by atoms with Gasteiger partial charge in [0.1, 0.15) is 0 Å². The van der Waals surface area contributed by atoms with Gasteiger partial charge in [0.2, 0.25) is 0 Å². The predicted molar refractivity (Wildman–Crippen MR) is 106 cm³/mol. The summed E-state index contributed by atoms with van der Waals surface area (Å²) in [6.07, 6.45) is 29.1. The first-order valence-electron chi connectivity index (χ1n) is 8.84. The van der Waals surface area contributed by atoms with Crippen molar-refractivity contribution < 1.29 is 0 Å². The minimum absolute atomic E-state index is 1.16. The van der Waals surface area contributed by atoms with E-state index in [1.165, 1.54) is 24.6 Å². The van der Waals surface area contributed by atoms with Gasteiger partial charge in [-0.25, -0.2) is 0 Å². The van der Waals surface area contributed by atoms with E-state index in [1.807, 2.05) is 0 Å². The van der Waals surface area contributed by atoms with E-state index >= 15 is 0 Å². The number of allylic oxidation sites excluding steroid dienone is 8. The Morgan fingerprint density at radius 3 is 0.857 bits per heavy atom. The molecule has 0 amide bonds. The van der Waals surface area contributed by atoms with Crippen LogP contribution >= 0.6 is 7.26 Å². The third-order valence-corrected chi connectivity index (χ3v) is 8.22. The second-order valence-electron chi connectivity index (χ2n) is 5.84. The number of hydrogen-bond donors (Lipinski definition) is 0. The fourth-order valence-electron chi connectivity index (χ4n) is 2.50. The van der Waals surface area contributed by atoms with Crippen LogP contribution in [0, 0.1) is 0 Å². The molecule has 0 rings (SSSR count). The van der Waals surface area contributed by atoms with E-state index in [9.17, 15) is 0 Å². The van der Waals surface area contributed by atoms with Crippen molar-refractivity contribution in [2.24, 2.45) is 0 Å². The van der Waals surface area contributed by atoms with Crippen LogP contribution in [0.5, 0.6) is 0 Å². The molecule has 0 aliphatic heterocycles. The maximum absolute atomic E-state index is 2.45. The van der Waals surface area contributed by atoms with Crippen molar-refractivity contribution in [2.75, 3.05) is 24.6 Å². The summed E-state index contributed by atoms with van der Waals surface area (Å²) in [4.78, 5) is 0. The second kappa shape index (κ2) is 14.3. The molecular weight excluding hydrogens is 271 g/mol. The zero-order chi connectivity index (χ0) is 15.8. The van der Waals surface area contributed by atoms with Gasteiger partial charge in [-0.1, -0.05) is 0 Å². The third kappa shape index (κ3) is 10.7. The van der Waals surface area contributed by atoms with Crippen LogP contribution in [0.3, 0.4) is 0 Å². The second-order valence-corrected chi connectivity index (χ2v) is 10.5. The molecule has 0 bridgehead atoms. The van der Waals surface area contributed by atoms with Crippen molar-refractivity contribution >= 4 is 7.26 Å². The van der Waals surface area contributed by atoms with E-state index in [-0.39, 0.29) is 0 Å². The Labute approximate surface area is 134 Å². The standard InChI is InChI=1S/C20H37P/c1-5-9-13-17-21(18-14-10-6-2,19-15-11-7-3)20-16-12-8-4/h9-16,21H,5-8,17-20H2,1-4H3/b13-9+,14-10+,15-11+,16-12+. The van der Waals surface area contributed by atoms with Crippen LogP contribution in [0.4, 0.5) is 0 Å². The van der Waals surface area contributed by atoms with Crippen LogP contribution in [-0.2, 0) is 0 Å². The molecule has 0 radical (unpaired) electrons. The summed E-state index contributed by atoms with van der Waals surface area (Å²) in [6.45, 7) is 8.91. The summed E-state index contributed by atoms with van der Waals surface area (Å²) in [5.74, 6) is 0. The van der Waals surface area contributed by atoms with E-state index < -0.39 is 7.26 Å². The van der Waals surface area contributed by atoms with Gasteiger partial charge in [-0.05, 0) is 0 Å². The normalized spacial score (nSPS) is 14.3. The third-order valence-electron chi connectivity index (χ3n) is 3.81. The van der Waals surface area contributed by atoms with Crippen molar-refractivity contribution in [1.82, 2.24) is 0 Å². The molecule has 0 aromatic rings. The van der Waals surface area contributed by atoms with Gasteiger partial charge in [0.15, 0.2) is 0 Å². The number of rotatable bonds is 12. The molecular formula is C20H37P. The fraction of sp³-hybridized carbons (Fsp3) is 0.600. The Kier molecular flexibility index (Phi) is 13.9. The van der Waals surface area contributed by atoms with E-state index in [0.29, 0.717) is 0 Å². The summed E-state index contributed by atoms with van der Waals surface area (Å²) in [7, 11) is -1.29. The van der Waals surface area contributed by atoms with Crippen LogP contribution in [0.25, 0.3) is 0 Å². The van der Waals surface area contributed by atoms with E-state index in [4.69, 9.17) is 0 Å². The average molecular weight is 308 g/mol. The molecule has 0 N–H and O–H groups in total. The molecule has 0 heterocycles. The average Bonchev–Trinajstić information content (AvgIpc) is 2.48.